The van der Waals surface area contributed by atoms with Gasteiger partial charge in [0.2, 0.25) is 0 Å². The summed E-state index contributed by atoms with van der Waals surface area (Å²) in [7, 11) is 0. The minimum Gasteiger partial charge on any atom is -0.448 e. The Morgan fingerprint density at radius 1 is 1.12 bits per heavy atom. The molecular weight excluding hydrogens is 232 g/mol. The Bertz CT molecular complexity index is 600. The topological polar surface area (TPSA) is 26.9 Å². The summed E-state index contributed by atoms with van der Waals surface area (Å²) in [5.74, 6) is 0. The third-order valence-electron chi connectivity index (χ3n) is 2.63. The van der Waals surface area contributed by atoms with Gasteiger partial charge in [-0.25, -0.2) is 4.79 Å². The largest absolute Gasteiger partial charge is 0.497 e. The standard InChI is InChI=1S/C10H11BF3N2O/c1-2-15-8-5-3-4-6-9(8)16(10(15)17)7-11(12,13)14/h3-6H,2,7H2,1H3/q-1. The molecule has 0 aliphatic carbocycles. The molecule has 0 spiro atoms. The molecule has 1 aromatic carbocycles. The van der Waals surface area contributed by atoms with E-state index < -0.39 is 19.1 Å². The second-order valence-electron chi connectivity index (χ2n) is 3.84. The third kappa shape index (κ3) is 2.09. The van der Waals surface area contributed by atoms with Crippen LogP contribution in [0.15, 0.2) is 29.1 Å². The Morgan fingerprint density at radius 3 is 2.12 bits per heavy atom. The van der Waals surface area contributed by atoms with E-state index in [9.17, 15) is 17.7 Å². The highest BCUT2D eigenvalue weighted by Gasteiger charge is 2.26. The lowest BCUT2D eigenvalue weighted by Gasteiger charge is -2.14. The fraction of sp³-hybridized carbons (Fsp3) is 0.300. The molecule has 0 saturated carbocycles. The molecule has 0 aliphatic rings. The first-order valence-corrected chi connectivity index (χ1v) is 5.33. The number of hydrogen-bond acceptors (Lipinski definition) is 1. The van der Waals surface area contributed by atoms with Crippen LogP contribution in [0.1, 0.15) is 6.92 Å². The highest BCUT2D eigenvalue weighted by Crippen LogP contribution is 2.17. The van der Waals surface area contributed by atoms with Crippen LogP contribution in [-0.2, 0) is 13.0 Å². The van der Waals surface area contributed by atoms with Crippen molar-refractivity contribution in [1.82, 2.24) is 9.13 Å². The minimum atomic E-state index is -5.03. The maximum absolute atomic E-state index is 12.5. The van der Waals surface area contributed by atoms with E-state index in [1.165, 1.54) is 10.6 Å². The summed E-state index contributed by atoms with van der Waals surface area (Å²) >= 11 is 0. The number of aryl methyl sites for hydroxylation is 1. The van der Waals surface area contributed by atoms with Crippen LogP contribution in [0.3, 0.4) is 0 Å². The molecule has 3 nitrogen and oxygen atoms in total. The molecule has 0 bridgehead atoms. The van der Waals surface area contributed by atoms with Crippen molar-refractivity contribution >= 4 is 18.0 Å². The molecule has 2 rings (SSSR count). The molecule has 0 atom stereocenters. The summed E-state index contributed by atoms with van der Waals surface area (Å²) in [6.07, 6.45) is -1.19. The molecule has 0 saturated heterocycles. The number of imidazole rings is 1. The van der Waals surface area contributed by atoms with Crippen molar-refractivity contribution in [2.75, 3.05) is 0 Å². The van der Waals surface area contributed by atoms with Gasteiger partial charge in [0.05, 0.1) is 11.0 Å². The van der Waals surface area contributed by atoms with Gasteiger partial charge in [0.25, 0.3) is 0 Å². The highest BCUT2D eigenvalue weighted by molar-refractivity contribution is 6.57. The number of aromatic nitrogens is 2. The Morgan fingerprint density at radius 2 is 1.65 bits per heavy atom. The predicted molar refractivity (Wildman–Crippen MR) is 61.0 cm³/mol. The molecule has 92 valence electrons. The molecule has 0 fully saturated rings. The van der Waals surface area contributed by atoms with E-state index in [-0.39, 0.29) is 0 Å². The van der Waals surface area contributed by atoms with Crippen LogP contribution in [0.2, 0.25) is 0 Å². The minimum absolute atomic E-state index is 0.332. The van der Waals surface area contributed by atoms with Crippen molar-refractivity contribution in [2.45, 2.75) is 19.9 Å². The summed E-state index contributed by atoms with van der Waals surface area (Å²) in [6, 6.07) is 6.52. The van der Waals surface area contributed by atoms with E-state index in [4.69, 9.17) is 0 Å². The number of halogens is 3. The van der Waals surface area contributed by atoms with Gasteiger partial charge in [0, 0.05) is 6.54 Å². The number of rotatable bonds is 3. The predicted octanol–water partition coefficient (Wildman–Crippen LogP) is 2.21. The van der Waals surface area contributed by atoms with Gasteiger partial charge in [-0.15, -0.1) is 0 Å². The molecule has 7 heteroatoms. The zero-order valence-corrected chi connectivity index (χ0v) is 9.24. The molecule has 0 aliphatic heterocycles. The maximum Gasteiger partial charge on any atom is 0.497 e. The second kappa shape index (κ2) is 3.98. The average molecular weight is 243 g/mol. The number of hydrogen-bond donors (Lipinski definition) is 0. The van der Waals surface area contributed by atoms with Crippen LogP contribution in [0.5, 0.6) is 0 Å². The van der Waals surface area contributed by atoms with Gasteiger partial charge in [0.15, 0.2) is 0 Å². The van der Waals surface area contributed by atoms with E-state index in [0.29, 0.717) is 17.6 Å². The van der Waals surface area contributed by atoms with E-state index in [0.717, 1.165) is 4.57 Å². The van der Waals surface area contributed by atoms with Crippen LogP contribution < -0.4 is 5.69 Å². The van der Waals surface area contributed by atoms with Crippen molar-refractivity contribution in [3.05, 3.63) is 34.7 Å². The molecule has 17 heavy (non-hydrogen) atoms. The lowest BCUT2D eigenvalue weighted by atomic mass is 9.92. The van der Waals surface area contributed by atoms with Gasteiger partial charge >= 0.3 is 12.7 Å². The molecule has 1 heterocycles. The Labute approximate surface area is 95.5 Å². The summed E-state index contributed by atoms with van der Waals surface area (Å²) in [4.78, 5) is 11.8. The SMILES string of the molecule is CCn1c(=O)n(C[B-](F)(F)F)c2ccccc21. The smallest absolute Gasteiger partial charge is 0.448 e. The van der Waals surface area contributed by atoms with E-state index in [1.54, 1.807) is 25.1 Å². The number of nitrogens with zero attached hydrogens (tertiary/aromatic N) is 2. The maximum atomic E-state index is 12.5. The molecule has 0 amide bonds. The monoisotopic (exact) mass is 243 g/mol. The van der Waals surface area contributed by atoms with Gasteiger partial charge < -0.3 is 17.5 Å². The fourth-order valence-corrected chi connectivity index (χ4v) is 1.96. The highest BCUT2D eigenvalue weighted by atomic mass is 19.4. The van der Waals surface area contributed by atoms with Crippen LogP contribution in [0.25, 0.3) is 11.0 Å². The molecular formula is C10H11BF3N2O-. The lowest BCUT2D eigenvalue weighted by Crippen LogP contribution is -2.32. The Hall–Kier alpha value is -1.66. The summed E-state index contributed by atoms with van der Waals surface area (Å²) < 4.78 is 39.5. The van der Waals surface area contributed by atoms with Crippen LogP contribution in [-0.4, -0.2) is 16.1 Å². The van der Waals surface area contributed by atoms with E-state index >= 15 is 0 Å². The zero-order valence-electron chi connectivity index (χ0n) is 9.24. The first kappa shape index (κ1) is 11.8. The molecule has 0 radical (unpaired) electrons. The summed E-state index contributed by atoms with van der Waals surface area (Å²) in [5.41, 5.74) is 0.270. The van der Waals surface area contributed by atoms with E-state index in [2.05, 4.69) is 0 Å². The quantitative estimate of drug-likeness (QED) is 0.759. The van der Waals surface area contributed by atoms with Gasteiger partial charge in [-0.05, 0) is 25.5 Å². The number of para-hydroxylation sites is 2. The van der Waals surface area contributed by atoms with Crippen LogP contribution in [0, 0.1) is 0 Å². The zero-order chi connectivity index (χ0) is 12.6. The van der Waals surface area contributed by atoms with Gasteiger partial charge in [-0.2, -0.15) is 0 Å². The van der Waals surface area contributed by atoms with Crippen molar-refractivity contribution in [3.8, 4) is 0 Å². The number of fused-ring (bicyclic) bond motifs is 1. The van der Waals surface area contributed by atoms with Gasteiger partial charge in [-0.1, -0.05) is 12.1 Å². The molecule has 2 aromatic rings. The first-order valence-electron chi connectivity index (χ1n) is 5.33. The summed E-state index contributed by atoms with van der Waals surface area (Å²) in [6.45, 7) is -2.93. The molecule has 1 aromatic heterocycles. The fourth-order valence-electron chi connectivity index (χ4n) is 1.96. The van der Waals surface area contributed by atoms with Crippen LogP contribution in [0.4, 0.5) is 12.9 Å². The Balaban J connectivity index is 2.70. The van der Waals surface area contributed by atoms with Gasteiger partial charge in [-0.3, -0.25) is 4.57 Å². The number of benzene rings is 1. The first-order chi connectivity index (χ1) is 7.94. The van der Waals surface area contributed by atoms with Crippen LogP contribution >= 0.6 is 0 Å². The van der Waals surface area contributed by atoms with Gasteiger partial charge in [0.1, 0.15) is 0 Å². The summed E-state index contributed by atoms with van der Waals surface area (Å²) in [5, 5.41) is 0. The van der Waals surface area contributed by atoms with Crippen molar-refractivity contribution in [1.29, 1.82) is 0 Å². The Kier molecular flexibility index (Phi) is 2.77. The van der Waals surface area contributed by atoms with Crippen molar-refractivity contribution in [3.63, 3.8) is 0 Å². The lowest BCUT2D eigenvalue weighted by molar-refractivity contribution is 0.443. The molecule has 0 unspecified atom stereocenters. The van der Waals surface area contributed by atoms with Crippen molar-refractivity contribution < 1.29 is 12.9 Å². The molecule has 0 N–H and O–H groups in total. The average Bonchev–Trinajstić information content (AvgIpc) is 2.50. The van der Waals surface area contributed by atoms with Crippen molar-refractivity contribution in [2.24, 2.45) is 0 Å². The third-order valence-corrected chi connectivity index (χ3v) is 2.63. The van der Waals surface area contributed by atoms with E-state index in [1.807, 2.05) is 0 Å². The normalized spacial score (nSPS) is 12.2. The second-order valence-corrected chi connectivity index (χ2v) is 3.84.